The van der Waals surface area contributed by atoms with Crippen LogP contribution in [0.5, 0.6) is 0 Å². The number of hydrogen-bond donors (Lipinski definition) is 2. The van der Waals surface area contributed by atoms with Crippen LogP contribution in [0.1, 0.15) is 19.8 Å². The maximum Gasteiger partial charge on any atom is 0.471 e. The highest BCUT2D eigenvalue weighted by Gasteiger charge is 2.40. The molecule has 0 saturated carbocycles. The number of piperidine rings is 1. The molecule has 0 aromatic rings. The van der Waals surface area contributed by atoms with Gasteiger partial charge in [-0.2, -0.15) is 13.2 Å². The fraction of sp³-hybridized carbons (Fsp3) is 0.889. The minimum atomic E-state index is -4.78. The van der Waals surface area contributed by atoms with Crippen LogP contribution in [0, 0.1) is 5.92 Å². The normalized spacial score (nSPS) is 24.7. The van der Waals surface area contributed by atoms with Crippen LogP contribution in [0.3, 0.4) is 0 Å². The number of amides is 1. The third-order valence-electron chi connectivity index (χ3n) is 2.66. The highest BCUT2D eigenvalue weighted by atomic mass is 19.4. The van der Waals surface area contributed by atoms with E-state index in [0.29, 0.717) is 6.54 Å². The summed E-state index contributed by atoms with van der Waals surface area (Å²) < 4.78 is 35.8. The third kappa shape index (κ3) is 3.70. The molecule has 1 heterocycles. The van der Waals surface area contributed by atoms with Gasteiger partial charge in [-0.05, 0) is 38.8 Å². The molecule has 2 N–H and O–H groups in total. The first-order valence-corrected chi connectivity index (χ1v) is 4.99. The monoisotopic (exact) mass is 224 g/mol. The second-order valence-electron chi connectivity index (χ2n) is 3.87. The lowest BCUT2D eigenvalue weighted by Crippen LogP contribution is -2.48. The zero-order valence-electron chi connectivity index (χ0n) is 8.53. The van der Waals surface area contributed by atoms with Crippen molar-refractivity contribution in [2.24, 2.45) is 5.92 Å². The van der Waals surface area contributed by atoms with Crippen LogP contribution in [0.15, 0.2) is 0 Å². The van der Waals surface area contributed by atoms with Crippen molar-refractivity contribution < 1.29 is 18.0 Å². The van der Waals surface area contributed by atoms with Crippen molar-refractivity contribution in [1.82, 2.24) is 10.6 Å². The molecule has 88 valence electrons. The van der Waals surface area contributed by atoms with E-state index in [-0.39, 0.29) is 5.92 Å². The summed E-state index contributed by atoms with van der Waals surface area (Å²) in [4.78, 5) is 10.7. The maximum atomic E-state index is 11.9. The van der Waals surface area contributed by atoms with Crippen molar-refractivity contribution in [1.29, 1.82) is 0 Å². The first kappa shape index (κ1) is 12.3. The molecule has 1 amide bonds. The molecule has 0 bridgehead atoms. The van der Waals surface area contributed by atoms with E-state index in [2.05, 4.69) is 5.32 Å². The van der Waals surface area contributed by atoms with E-state index >= 15 is 0 Å². The molecule has 0 spiro atoms. The van der Waals surface area contributed by atoms with Gasteiger partial charge in [-0.25, -0.2) is 0 Å². The van der Waals surface area contributed by atoms with Crippen LogP contribution in [0.4, 0.5) is 13.2 Å². The summed E-state index contributed by atoms with van der Waals surface area (Å²) in [6, 6.07) is -0.438. The molecule has 1 aliphatic heterocycles. The summed E-state index contributed by atoms with van der Waals surface area (Å²) in [6.45, 7) is 3.18. The summed E-state index contributed by atoms with van der Waals surface area (Å²) in [7, 11) is 0. The molecule has 1 fully saturated rings. The minimum absolute atomic E-state index is 0.0880. The first-order chi connectivity index (χ1) is 6.91. The number of nitrogens with one attached hydrogen (secondary N) is 2. The Morgan fingerprint density at radius 3 is 2.67 bits per heavy atom. The Hall–Kier alpha value is -0.780. The number of halogens is 3. The molecule has 2 unspecified atom stereocenters. The van der Waals surface area contributed by atoms with Gasteiger partial charge in [0.15, 0.2) is 0 Å². The fourth-order valence-electron chi connectivity index (χ4n) is 1.71. The van der Waals surface area contributed by atoms with E-state index in [1.54, 1.807) is 6.92 Å². The average molecular weight is 224 g/mol. The molecule has 1 saturated heterocycles. The summed E-state index contributed by atoms with van der Waals surface area (Å²) in [5.41, 5.74) is 0. The second-order valence-corrected chi connectivity index (χ2v) is 3.87. The van der Waals surface area contributed by atoms with Crippen molar-refractivity contribution in [2.45, 2.75) is 32.0 Å². The molecular formula is C9H15F3N2O. The quantitative estimate of drug-likeness (QED) is 0.736. The lowest BCUT2D eigenvalue weighted by molar-refractivity contribution is -0.174. The highest BCUT2D eigenvalue weighted by molar-refractivity contribution is 5.81. The summed E-state index contributed by atoms with van der Waals surface area (Å²) in [5.74, 6) is -1.76. The van der Waals surface area contributed by atoms with E-state index in [1.807, 2.05) is 5.32 Å². The van der Waals surface area contributed by atoms with Gasteiger partial charge in [0.1, 0.15) is 0 Å². The lowest BCUT2D eigenvalue weighted by atomic mass is 9.93. The minimum Gasteiger partial charge on any atom is -0.345 e. The summed E-state index contributed by atoms with van der Waals surface area (Å²) in [6.07, 6.45) is -2.99. The molecule has 0 aliphatic carbocycles. The Bertz CT molecular complexity index is 224. The topological polar surface area (TPSA) is 41.1 Å². The van der Waals surface area contributed by atoms with Crippen LogP contribution < -0.4 is 10.6 Å². The molecule has 1 aliphatic rings. The SMILES string of the molecule is CC(NC(=O)C(F)(F)F)C1CCCNC1. The van der Waals surface area contributed by atoms with E-state index in [9.17, 15) is 18.0 Å². The van der Waals surface area contributed by atoms with Crippen molar-refractivity contribution in [3.8, 4) is 0 Å². The van der Waals surface area contributed by atoms with Gasteiger partial charge in [-0.15, -0.1) is 0 Å². The first-order valence-electron chi connectivity index (χ1n) is 4.99. The van der Waals surface area contributed by atoms with Gasteiger partial charge >= 0.3 is 12.1 Å². The Labute approximate surface area is 86.4 Å². The molecule has 6 heteroatoms. The molecule has 2 atom stereocenters. The van der Waals surface area contributed by atoms with Gasteiger partial charge < -0.3 is 10.6 Å². The summed E-state index contributed by atoms with van der Waals surface area (Å²) in [5, 5.41) is 5.08. The average Bonchev–Trinajstić information content (AvgIpc) is 2.17. The van der Waals surface area contributed by atoms with E-state index in [4.69, 9.17) is 0 Å². The van der Waals surface area contributed by atoms with Gasteiger partial charge in [0.2, 0.25) is 0 Å². The van der Waals surface area contributed by atoms with E-state index in [1.165, 1.54) is 0 Å². The van der Waals surface area contributed by atoms with Crippen LogP contribution in [-0.4, -0.2) is 31.2 Å². The third-order valence-corrected chi connectivity index (χ3v) is 2.66. The van der Waals surface area contributed by atoms with Gasteiger partial charge in [0.05, 0.1) is 0 Å². The summed E-state index contributed by atoms with van der Waals surface area (Å²) >= 11 is 0. The van der Waals surface area contributed by atoms with E-state index < -0.39 is 18.1 Å². The molecule has 1 rings (SSSR count). The molecule has 15 heavy (non-hydrogen) atoms. The number of alkyl halides is 3. The highest BCUT2D eigenvalue weighted by Crippen LogP contribution is 2.18. The largest absolute Gasteiger partial charge is 0.471 e. The van der Waals surface area contributed by atoms with Gasteiger partial charge in [-0.1, -0.05) is 0 Å². The van der Waals surface area contributed by atoms with E-state index in [0.717, 1.165) is 19.4 Å². The van der Waals surface area contributed by atoms with Crippen molar-refractivity contribution >= 4 is 5.91 Å². The smallest absolute Gasteiger partial charge is 0.345 e. The van der Waals surface area contributed by atoms with Crippen LogP contribution in [0.25, 0.3) is 0 Å². The lowest BCUT2D eigenvalue weighted by Gasteiger charge is -2.29. The Morgan fingerprint density at radius 1 is 1.53 bits per heavy atom. The van der Waals surface area contributed by atoms with Crippen molar-refractivity contribution in [2.75, 3.05) is 13.1 Å². The van der Waals surface area contributed by atoms with Gasteiger partial charge in [0.25, 0.3) is 0 Å². The van der Waals surface area contributed by atoms with Gasteiger partial charge in [0, 0.05) is 6.04 Å². The standard InChI is InChI=1S/C9H15F3N2O/c1-6(7-3-2-4-13-5-7)14-8(15)9(10,11)12/h6-7,13H,2-5H2,1H3,(H,14,15). The Kier molecular flexibility index (Phi) is 3.96. The molecule has 3 nitrogen and oxygen atoms in total. The molecular weight excluding hydrogens is 209 g/mol. The van der Waals surface area contributed by atoms with Crippen LogP contribution in [-0.2, 0) is 4.79 Å². The fourth-order valence-corrected chi connectivity index (χ4v) is 1.71. The predicted octanol–water partition coefficient (Wildman–Crippen LogP) is 1.05. The predicted molar refractivity (Wildman–Crippen MR) is 49.3 cm³/mol. The van der Waals surface area contributed by atoms with Crippen LogP contribution in [0.2, 0.25) is 0 Å². The van der Waals surface area contributed by atoms with Crippen molar-refractivity contribution in [3.63, 3.8) is 0 Å². The molecule has 0 radical (unpaired) electrons. The Balaban J connectivity index is 2.40. The molecule has 0 aromatic heterocycles. The Morgan fingerprint density at radius 2 is 2.20 bits per heavy atom. The number of carbonyl (C=O) groups is 1. The van der Waals surface area contributed by atoms with Gasteiger partial charge in [-0.3, -0.25) is 4.79 Å². The zero-order valence-corrected chi connectivity index (χ0v) is 8.53. The maximum absolute atomic E-state index is 11.9. The number of rotatable bonds is 2. The molecule has 0 aromatic carbocycles. The zero-order chi connectivity index (χ0) is 11.5. The second kappa shape index (κ2) is 4.83. The number of hydrogen-bond acceptors (Lipinski definition) is 2. The van der Waals surface area contributed by atoms with Crippen molar-refractivity contribution in [3.05, 3.63) is 0 Å². The number of carbonyl (C=O) groups excluding carboxylic acids is 1. The van der Waals surface area contributed by atoms with Crippen LogP contribution >= 0.6 is 0 Å².